The molecule has 3 fully saturated rings. The SMILES string of the molecule is CN=C(NCC1CCCc2ccccc21)N1CC2C3CCC(O3)C2C1.I. The van der Waals surface area contributed by atoms with Crippen LogP contribution in [0.1, 0.15) is 42.7 Å². The van der Waals surface area contributed by atoms with Crippen molar-refractivity contribution in [2.24, 2.45) is 16.8 Å². The summed E-state index contributed by atoms with van der Waals surface area (Å²) in [5.74, 6) is 3.17. The van der Waals surface area contributed by atoms with Crippen molar-refractivity contribution in [3.8, 4) is 0 Å². The largest absolute Gasteiger partial charge is 0.374 e. The van der Waals surface area contributed by atoms with Crippen LogP contribution < -0.4 is 5.32 Å². The number of aliphatic imine (C=N–C) groups is 1. The average Bonchev–Trinajstić information content (AvgIpc) is 3.35. The minimum atomic E-state index is 0. The third-order valence-electron chi connectivity index (χ3n) is 6.96. The predicted octanol–water partition coefficient (Wildman–Crippen LogP) is 3.41. The summed E-state index contributed by atoms with van der Waals surface area (Å²) in [6.45, 7) is 3.23. The first kappa shape index (κ1) is 18.5. The first-order valence-electron chi connectivity index (χ1n) is 10.0. The van der Waals surface area contributed by atoms with Crippen LogP contribution in [-0.4, -0.2) is 49.7 Å². The Morgan fingerprint density at radius 2 is 1.88 bits per heavy atom. The normalized spacial score (nSPS) is 35.0. The molecule has 26 heavy (non-hydrogen) atoms. The quantitative estimate of drug-likeness (QED) is 0.412. The van der Waals surface area contributed by atoms with E-state index >= 15 is 0 Å². The number of nitrogens with zero attached hydrogens (tertiary/aromatic N) is 2. The Hall–Kier alpha value is -0.820. The van der Waals surface area contributed by atoms with Crippen LogP contribution in [0, 0.1) is 11.8 Å². The van der Waals surface area contributed by atoms with Crippen LogP contribution in [0.15, 0.2) is 29.3 Å². The summed E-state index contributed by atoms with van der Waals surface area (Å²) in [6.07, 6.45) is 7.39. The second-order valence-corrected chi connectivity index (χ2v) is 8.24. The molecule has 0 radical (unpaired) electrons. The molecular formula is C21H30IN3O. The smallest absolute Gasteiger partial charge is 0.193 e. The number of fused-ring (bicyclic) bond motifs is 6. The van der Waals surface area contributed by atoms with Gasteiger partial charge in [-0.15, -0.1) is 24.0 Å². The number of hydrogen-bond donors (Lipinski definition) is 1. The molecule has 4 aliphatic rings. The van der Waals surface area contributed by atoms with Crippen molar-refractivity contribution in [3.63, 3.8) is 0 Å². The molecule has 5 atom stereocenters. The van der Waals surface area contributed by atoms with Gasteiger partial charge in [-0.1, -0.05) is 24.3 Å². The predicted molar refractivity (Wildman–Crippen MR) is 115 cm³/mol. The molecule has 5 rings (SSSR count). The number of aryl methyl sites for hydroxylation is 1. The molecular weight excluding hydrogens is 437 g/mol. The van der Waals surface area contributed by atoms with E-state index in [1.54, 1.807) is 11.1 Å². The standard InChI is InChI=1S/C21H29N3O.HI/c1-22-21(24-12-17-18(13-24)20-10-9-19(17)25-20)23-11-15-7-4-6-14-5-2-3-8-16(14)15;/h2-3,5,8,15,17-20H,4,6-7,9-13H2,1H3,(H,22,23);1H. The summed E-state index contributed by atoms with van der Waals surface area (Å²) in [5.41, 5.74) is 3.08. The first-order valence-corrected chi connectivity index (χ1v) is 10.0. The van der Waals surface area contributed by atoms with Gasteiger partial charge < -0.3 is 15.0 Å². The molecule has 1 aliphatic carbocycles. The minimum absolute atomic E-state index is 0. The number of guanidine groups is 1. The zero-order valence-corrected chi connectivity index (χ0v) is 17.9. The molecule has 5 heteroatoms. The van der Waals surface area contributed by atoms with E-state index in [2.05, 4.69) is 39.5 Å². The van der Waals surface area contributed by atoms with Gasteiger partial charge in [0.2, 0.25) is 0 Å². The van der Waals surface area contributed by atoms with E-state index < -0.39 is 0 Å². The monoisotopic (exact) mass is 467 g/mol. The Balaban J connectivity index is 0.00000168. The Kier molecular flexibility index (Phi) is 5.46. The van der Waals surface area contributed by atoms with Crippen LogP contribution in [0.2, 0.25) is 0 Å². The second kappa shape index (κ2) is 7.66. The summed E-state index contributed by atoms with van der Waals surface area (Å²) in [5, 5.41) is 3.70. The number of ether oxygens (including phenoxy) is 1. The lowest BCUT2D eigenvalue weighted by atomic mass is 9.82. The third-order valence-corrected chi connectivity index (χ3v) is 6.96. The molecule has 3 saturated heterocycles. The maximum Gasteiger partial charge on any atom is 0.193 e. The topological polar surface area (TPSA) is 36.9 Å². The van der Waals surface area contributed by atoms with Crippen LogP contribution in [0.4, 0.5) is 0 Å². The number of rotatable bonds is 2. The highest BCUT2D eigenvalue weighted by Gasteiger charge is 2.53. The van der Waals surface area contributed by atoms with Crippen molar-refractivity contribution in [2.75, 3.05) is 26.7 Å². The fourth-order valence-electron chi connectivity index (χ4n) is 5.75. The van der Waals surface area contributed by atoms with Gasteiger partial charge in [-0.3, -0.25) is 4.99 Å². The van der Waals surface area contributed by atoms with Crippen LogP contribution in [0.5, 0.6) is 0 Å². The van der Waals surface area contributed by atoms with Gasteiger partial charge in [0.05, 0.1) is 12.2 Å². The number of nitrogens with one attached hydrogen (secondary N) is 1. The molecule has 0 aromatic heterocycles. The lowest BCUT2D eigenvalue weighted by Gasteiger charge is -2.29. The highest BCUT2D eigenvalue weighted by Crippen LogP contribution is 2.47. The summed E-state index contributed by atoms with van der Waals surface area (Å²) in [7, 11) is 1.93. The number of halogens is 1. The van der Waals surface area contributed by atoms with Gasteiger partial charge in [-0.05, 0) is 43.2 Å². The molecule has 3 heterocycles. The summed E-state index contributed by atoms with van der Waals surface area (Å²) in [4.78, 5) is 7.08. The van der Waals surface area contributed by atoms with Crippen molar-refractivity contribution in [1.29, 1.82) is 0 Å². The molecule has 0 amide bonds. The Morgan fingerprint density at radius 3 is 2.62 bits per heavy atom. The Bertz CT molecular complexity index is 661. The molecule has 1 aromatic carbocycles. The number of hydrogen-bond acceptors (Lipinski definition) is 2. The molecule has 5 unspecified atom stereocenters. The lowest BCUT2D eigenvalue weighted by Crippen LogP contribution is -2.43. The minimum Gasteiger partial charge on any atom is -0.374 e. The van der Waals surface area contributed by atoms with Crippen LogP contribution in [0.3, 0.4) is 0 Å². The van der Waals surface area contributed by atoms with Crippen molar-refractivity contribution in [1.82, 2.24) is 10.2 Å². The van der Waals surface area contributed by atoms with Gasteiger partial charge in [0.1, 0.15) is 0 Å². The van der Waals surface area contributed by atoms with E-state index in [1.165, 1.54) is 32.1 Å². The molecule has 1 aromatic rings. The maximum atomic E-state index is 6.11. The molecule has 142 valence electrons. The van der Waals surface area contributed by atoms with E-state index in [0.29, 0.717) is 18.1 Å². The van der Waals surface area contributed by atoms with E-state index in [9.17, 15) is 0 Å². The van der Waals surface area contributed by atoms with Gasteiger partial charge in [0.15, 0.2) is 5.96 Å². The number of likely N-dealkylation sites (tertiary alicyclic amines) is 1. The van der Waals surface area contributed by atoms with E-state index in [-0.39, 0.29) is 24.0 Å². The van der Waals surface area contributed by atoms with Crippen molar-refractivity contribution in [2.45, 2.75) is 50.2 Å². The zero-order chi connectivity index (χ0) is 16.8. The fourth-order valence-corrected chi connectivity index (χ4v) is 5.75. The van der Waals surface area contributed by atoms with Gasteiger partial charge in [-0.25, -0.2) is 0 Å². The van der Waals surface area contributed by atoms with E-state index in [4.69, 9.17) is 4.74 Å². The highest BCUT2D eigenvalue weighted by atomic mass is 127. The van der Waals surface area contributed by atoms with Crippen LogP contribution >= 0.6 is 24.0 Å². The molecule has 0 spiro atoms. The van der Waals surface area contributed by atoms with Crippen LogP contribution in [-0.2, 0) is 11.2 Å². The maximum absolute atomic E-state index is 6.11. The molecule has 3 aliphatic heterocycles. The van der Waals surface area contributed by atoms with Gasteiger partial charge in [0, 0.05) is 44.4 Å². The molecule has 0 saturated carbocycles. The van der Waals surface area contributed by atoms with Crippen molar-refractivity contribution in [3.05, 3.63) is 35.4 Å². The second-order valence-electron chi connectivity index (χ2n) is 8.24. The Morgan fingerprint density at radius 1 is 1.15 bits per heavy atom. The van der Waals surface area contributed by atoms with Gasteiger partial charge >= 0.3 is 0 Å². The average molecular weight is 467 g/mol. The van der Waals surface area contributed by atoms with Crippen LogP contribution in [0.25, 0.3) is 0 Å². The van der Waals surface area contributed by atoms with E-state index in [1.807, 2.05) is 7.05 Å². The number of benzene rings is 1. The molecule has 1 N–H and O–H groups in total. The molecule has 4 nitrogen and oxygen atoms in total. The van der Waals surface area contributed by atoms with Crippen molar-refractivity contribution < 1.29 is 4.74 Å². The van der Waals surface area contributed by atoms with Gasteiger partial charge in [0.25, 0.3) is 0 Å². The summed E-state index contributed by atoms with van der Waals surface area (Å²) < 4.78 is 6.11. The fraction of sp³-hybridized carbons (Fsp3) is 0.667. The van der Waals surface area contributed by atoms with Gasteiger partial charge in [-0.2, -0.15) is 0 Å². The zero-order valence-electron chi connectivity index (χ0n) is 15.6. The first-order chi connectivity index (χ1) is 12.3. The molecule has 2 bridgehead atoms. The van der Waals surface area contributed by atoms with Crippen molar-refractivity contribution >= 4 is 29.9 Å². The third kappa shape index (κ3) is 3.15. The van der Waals surface area contributed by atoms with E-state index in [0.717, 1.165) is 37.4 Å². The Labute approximate surface area is 173 Å². The lowest BCUT2D eigenvalue weighted by molar-refractivity contribution is 0.0767. The highest BCUT2D eigenvalue weighted by molar-refractivity contribution is 14.0. The summed E-state index contributed by atoms with van der Waals surface area (Å²) in [6, 6.07) is 8.98. The summed E-state index contributed by atoms with van der Waals surface area (Å²) >= 11 is 0.